The second kappa shape index (κ2) is 9.60. The van der Waals surface area contributed by atoms with E-state index in [0.29, 0.717) is 23.6 Å². The number of benzene rings is 1. The highest BCUT2D eigenvalue weighted by Crippen LogP contribution is 2.42. The first kappa shape index (κ1) is 23.6. The van der Waals surface area contributed by atoms with Gasteiger partial charge in [-0.2, -0.15) is 5.10 Å². The monoisotopic (exact) mass is 557 g/mol. The number of fused-ring (bicyclic) bond motifs is 1. The number of halogens is 2. The van der Waals surface area contributed by atoms with Gasteiger partial charge in [0, 0.05) is 42.0 Å². The van der Waals surface area contributed by atoms with Crippen LogP contribution in [-0.2, 0) is 39.2 Å². The number of aryl methyl sites for hydroxylation is 4. The molecule has 0 N–H and O–H groups in total. The number of aromatic nitrogens is 3. The van der Waals surface area contributed by atoms with Gasteiger partial charge in [-0.15, -0.1) is 0 Å². The van der Waals surface area contributed by atoms with Gasteiger partial charge < -0.3 is 14.0 Å². The topological polar surface area (TPSA) is 75.4 Å². The molecule has 9 heteroatoms. The summed E-state index contributed by atoms with van der Waals surface area (Å²) in [4.78, 5) is 23.8. The lowest BCUT2D eigenvalue weighted by atomic mass is 9.98. The minimum absolute atomic E-state index is 0.285. The van der Waals surface area contributed by atoms with E-state index in [9.17, 15) is 9.59 Å². The SMILES string of the molecule is COC(=O)c1c(CCCOC(C)=O)c2ccc(Cl)c(-c3c(C)nn(C)c3CI)c2n1C. The molecule has 0 fully saturated rings. The molecule has 0 saturated carbocycles. The molecule has 0 bridgehead atoms. The molecule has 0 atom stereocenters. The zero-order valence-electron chi connectivity index (χ0n) is 18.2. The maximum Gasteiger partial charge on any atom is 0.354 e. The zero-order valence-corrected chi connectivity index (χ0v) is 21.1. The number of hydrogen-bond acceptors (Lipinski definition) is 5. The largest absolute Gasteiger partial charge is 0.466 e. The second-order valence-corrected chi connectivity index (χ2v) is 8.47. The van der Waals surface area contributed by atoms with E-state index in [2.05, 4.69) is 27.7 Å². The summed E-state index contributed by atoms with van der Waals surface area (Å²) in [6.07, 6.45) is 1.15. The van der Waals surface area contributed by atoms with Gasteiger partial charge in [-0.25, -0.2) is 4.79 Å². The quantitative estimate of drug-likeness (QED) is 0.181. The average molecular weight is 558 g/mol. The van der Waals surface area contributed by atoms with Gasteiger partial charge in [0.25, 0.3) is 0 Å². The predicted octanol–water partition coefficient (Wildman–Crippen LogP) is 4.76. The highest BCUT2D eigenvalue weighted by molar-refractivity contribution is 14.1. The van der Waals surface area contributed by atoms with Gasteiger partial charge in [0.15, 0.2) is 0 Å². The molecule has 2 aromatic heterocycles. The summed E-state index contributed by atoms with van der Waals surface area (Å²) in [6, 6.07) is 3.80. The first-order valence-electron chi connectivity index (χ1n) is 9.83. The van der Waals surface area contributed by atoms with Gasteiger partial charge in [0.1, 0.15) is 5.69 Å². The molecule has 0 aliphatic rings. The van der Waals surface area contributed by atoms with Gasteiger partial charge in [0.2, 0.25) is 0 Å². The highest BCUT2D eigenvalue weighted by atomic mass is 127. The maximum absolute atomic E-state index is 12.7. The van der Waals surface area contributed by atoms with Crippen molar-refractivity contribution >= 4 is 57.0 Å². The van der Waals surface area contributed by atoms with Gasteiger partial charge >= 0.3 is 11.9 Å². The van der Waals surface area contributed by atoms with Crippen molar-refractivity contribution in [2.24, 2.45) is 14.1 Å². The molecule has 0 aliphatic carbocycles. The van der Waals surface area contributed by atoms with E-state index in [-0.39, 0.29) is 12.6 Å². The van der Waals surface area contributed by atoms with E-state index in [1.165, 1.54) is 14.0 Å². The maximum atomic E-state index is 12.7. The van der Waals surface area contributed by atoms with Crippen LogP contribution in [0.15, 0.2) is 12.1 Å². The minimum atomic E-state index is -0.416. The predicted molar refractivity (Wildman–Crippen MR) is 129 cm³/mol. The van der Waals surface area contributed by atoms with Crippen LogP contribution in [0.25, 0.3) is 22.0 Å². The van der Waals surface area contributed by atoms with Crippen LogP contribution >= 0.6 is 34.2 Å². The smallest absolute Gasteiger partial charge is 0.354 e. The van der Waals surface area contributed by atoms with Gasteiger partial charge in [0.05, 0.1) is 35.6 Å². The van der Waals surface area contributed by atoms with E-state index in [4.69, 9.17) is 21.1 Å². The fourth-order valence-corrected chi connectivity index (χ4v) is 5.22. The molecule has 0 aliphatic heterocycles. The molecular formula is C22H25ClIN3O4. The third-order valence-electron chi connectivity index (χ3n) is 5.38. The number of carbonyl (C=O) groups is 2. The van der Waals surface area contributed by atoms with Crippen LogP contribution in [0, 0.1) is 6.92 Å². The van der Waals surface area contributed by atoms with Crippen LogP contribution in [0.2, 0.25) is 5.02 Å². The Kier molecular flexibility index (Phi) is 7.31. The lowest BCUT2D eigenvalue weighted by Gasteiger charge is -2.11. The summed E-state index contributed by atoms with van der Waals surface area (Å²) in [7, 11) is 5.14. The molecule has 1 aromatic carbocycles. The first-order valence-corrected chi connectivity index (χ1v) is 11.7. The van der Waals surface area contributed by atoms with Crippen molar-refractivity contribution in [3.05, 3.63) is 39.8 Å². The summed E-state index contributed by atoms with van der Waals surface area (Å²) < 4.78 is 14.6. The Balaban J connectivity index is 2.28. The lowest BCUT2D eigenvalue weighted by Crippen LogP contribution is -2.11. The van der Waals surface area contributed by atoms with E-state index in [1.54, 1.807) is 0 Å². The molecule has 0 amide bonds. The number of carbonyl (C=O) groups excluding carboxylic acids is 2. The summed E-state index contributed by atoms with van der Waals surface area (Å²) in [5, 5.41) is 6.12. The summed E-state index contributed by atoms with van der Waals surface area (Å²) in [5.41, 5.74) is 5.96. The van der Waals surface area contributed by atoms with Crippen LogP contribution in [0.3, 0.4) is 0 Å². The standard InChI is InChI=1S/C22H25ClIN3O4/c1-12-18(17(11-24)27(4)25-12)19-16(23)9-8-15-14(7-6-10-31-13(2)28)21(22(29)30-5)26(3)20(15)19/h8-9H,6-7,10-11H2,1-5H3. The van der Waals surface area contributed by atoms with Gasteiger partial charge in [-0.05, 0) is 31.4 Å². The molecule has 0 unspecified atom stereocenters. The fourth-order valence-electron chi connectivity index (χ4n) is 4.10. The van der Waals surface area contributed by atoms with Crippen molar-refractivity contribution in [3.63, 3.8) is 0 Å². The fraction of sp³-hybridized carbons (Fsp3) is 0.409. The Morgan fingerprint density at radius 3 is 2.55 bits per heavy atom. The first-order chi connectivity index (χ1) is 14.7. The second-order valence-electron chi connectivity index (χ2n) is 7.30. The number of alkyl halides is 1. The minimum Gasteiger partial charge on any atom is -0.466 e. The third-order valence-corrected chi connectivity index (χ3v) is 6.42. The van der Waals surface area contributed by atoms with Crippen molar-refractivity contribution in [2.45, 2.75) is 31.1 Å². The molecule has 2 heterocycles. The number of rotatable bonds is 7. The molecule has 0 saturated heterocycles. The summed E-state index contributed by atoms with van der Waals surface area (Å²) >= 11 is 9.05. The van der Waals surface area contributed by atoms with Crippen LogP contribution < -0.4 is 0 Å². The number of esters is 2. The Morgan fingerprint density at radius 1 is 1.23 bits per heavy atom. The summed E-state index contributed by atoms with van der Waals surface area (Å²) in [5.74, 6) is -0.737. The molecule has 3 aromatic rings. The molecule has 0 radical (unpaired) electrons. The molecular weight excluding hydrogens is 533 g/mol. The highest BCUT2D eigenvalue weighted by Gasteiger charge is 2.27. The molecule has 166 valence electrons. The Labute approximate surface area is 199 Å². The van der Waals surface area contributed by atoms with Crippen molar-refractivity contribution in [1.82, 2.24) is 14.3 Å². The number of hydrogen-bond donors (Lipinski definition) is 0. The Bertz CT molecular complexity index is 1170. The molecule has 7 nitrogen and oxygen atoms in total. The number of nitrogens with zero attached hydrogens (tertiary/aromatic N) is 3. The molecule has 3 rings (SSSR count). The number of methoxy groups -OCH3 is 1. The lowest BCUT2D eigenvalue weighted by molar-refractivity contribution is -0.141. The van der Waals surface area contributed by atoms with E-state index >= 15 is 0 Å². The normalized spacial score (nSPS) is 11.2. The average Bonchev–Trinajstić information content (AvgIpc) is 3.17. The zero-order chi connectivity index (χ0) is 22.9. The van der Waals surface area contributed by atoms with Crippen LogP contribution in [0.5, 0.6) is 0 Å². The Hall–Kier alpha value is -2.07. The number of ether oxygens (including phenoxy) is 2. The summed E-state index contributed by atoms with van der Waals surface area (Å²) in [6.45, 7) is 3.63. The van der Waals surface area contributed by atoms with Crippen molar-refractivity contribution in [2.75, 3.05) is 13.7 Å². The van der Waals surface area contributed by atoms with Crippen LogP contribution in [0.4, 0.5) is 0 Å². The van der Waals surface area contributed by atoms with Gasteiger partial charge in [-0.3, -0.25) is 9.48 Å². The third kappa shape index (κ3) is 4.32. The van der Waals surface area contributed by atoms with Crippen molar-refractivity contribution in [1.29, 1.82) is 0 Å². The van der Waals surface area contributed by atoms with Crippen LogP contribution in [0.1, 0.15) is 40.8 Å². The van der Waals surface area contributed by atoms with Crippen LogP contribution in [-0.4, -0.2) is 40.0 Å². The van der Waals surface area contributed by atoms with E-state index in [1.807, 2.05) is 42.4 Å². The van der Waals surface area contributed by atoms with Crippen molar-refractivity contribution < 1.29 is 19.1 Å². The molecule has 31 heavy (non-hydrogen) atoms. The van der Waals surface area contributed by atoms with Crippen molar-refractivity contribution in [3.8, 4) is 11.1 Å². The van der Waals surface area contributed by atoms with E-state index < -0.39 is 5.97 Å². The Morgan fingerprint density at radius 2 is 1.94 bits per heavy atom. The molecule has 0 spiro atoms. The van der Waals surface area contributed by atoms with Gasteiger partial charge in [-0.1, -0.05) is 40.3 Å². The van der Waals surface area contributed by atoms with E-state index in [0.717, 1.165) is 43.4 Å².